The first-order valence-electron chi connectivity index (χ1n) is 8.76. The average Bonchev–Trinajstić information content (AvgIpc) is 3.18. The van der Waals surface area contributed by atoms with E-state index in [1.54, 1.807) is 0 Å². The van der Waals surface area contributed by atoms with Crippen LogP contribution in [0.5, 0.6) is 0 Å². The molecule has 1 fully saturated rings. The monoisotopic (exact) mass is 328 g/mol. The summed E-state index contributed by atoms with van der Waals surface area (Å²) >= 11 is 0. The summed E-state index contributed by atoms with van der Waals surface area (Å²) in [6, 6.07) is 10.4. The quantitative estimate of drug-likeness (QED) is 0.775. The van der Waals surface area contributed by atoms with Gasteiger partial charge in [-0.25, -0.2) is 0 Å². The number of hydrogen-bond acceptors (Lipinski definition) is 4. The molecular formula is C19H28N4O. The predicted octanol–water partition coefficient (Wildman–Crippen LogP) is 1.73. The van der Waals surface area contributed by atoms with E-state index in [1.165, 1.54) is 17.5 Å². The Morgan fingerprint density at radius 2 is 2.12 bits per heavy atom. The first-order chi connectivity index (χ1) is 11.7. The van der Waals surface area contributed by atoms with Crippen molar-refractivity contribution in [2.45, 2.75) is 26.4 Å². The molecule has 1 aromatic heterocycles. The first kappa shape index (κ1) is 17.1. The van der Waals surface area contributed by atoms with Crippen molar-refractivity contribution < 1.29 is 5.11 Å². The third kappa shape index (κ3) is 4.66. The number of nitrogens with zero attached hydrogens (tertiary/aromatic N) is 3. The number of hydrogen-bond donors (Lipinski definition) is 2. The molecule has 2 N–H and O–H groups in total. The van der Waals surface area contributed by atoms with Gasteiger partial charge in [0, 0.05) is 37.9 Å². The molecule has 5 heteroatoms. The lowest BCUT2D eigenvalue weighted by atomic mass is 9.89. The van der Waals surface area contributed by atoms with Gasteiger partial charge in [0.25, 0.3) is 0 Å². The Labute approximate surface area is 144 Å². The molecule has 1 unspecified atom stereocenters. The van der Waals surface area contributed by atoms with E-state index < -0.39 is 0 Å². The fourth-order valence-corrected chi connectivity index (χ4v) is 3.50. The van der Waals surface area contributed by atoms with Crippen molar-refractivity contribution in [1.29, 1.82) is 0 Å². The Balaban J connectivity index is 1.60. The van der Waals surface area contributed by atoms with Gasteiger partial charge in [-0.1, -0.05) is 37.3 Å². The Morgan fingerprint density at radius 1 is 1.29 bits per heavy atom. The number of rotatable bonds is 8. The molecule has 0 amide bonds. The van der Waals surface area contributed by atoms with E-state index in [4.69, 9.17) is 0 Å². The minimum Gasteiger partial charge on any atom is -0.395 e. The lowest BCUT2D eigenvalue weighted by Gasteiger charge is -2.31. The maximum atomic E-state index is 9.39. The number of aliphatic hydroxyl groups is 1. The summed E-state index contributed by atoms with van der Waals surface area (Å²) in [5, 5.41) is 17.3. The van der Waals surface area contributed by atoms with Crippen LogP contribution in [0.4, 0.5) is 0 Å². The van der Waals surface area contributed by atoms with Crippen molar-refractivity contribution in [2.75, 3.05) is 32.8 Å². The summed E-state index contributed by atoms with van der Waals surface area (Å²) < 4.78 is 1.99. The first-order valence-corrected chi connectivity index (χ1v) is 8.76. The van der Waals surface area contributed by atoms with Gasteiger partial charge in [-0.15, -0.1) is 0 Å². The molecule has 130 valence electrons. The standard InChI is InChI=1S/C19H28N4O/c1-19(7-8-20-15-19)16-22(9-10-24)12-18-11-21-23(14-18)13-17-5-3-2-4-6-17/h2-6,11,14,20,24H,7-10,12-13,15-16H2,1H3. The Bertz CT molecular complexity index is 619. The highest BCUT2D eigenvalue weighted by Gasteiger charge is 2.30. The van der Waals surface area contributed by atoms with Gasteiger partial charge in [0.2, 0.25) is 0 Å². The third-order valence-electron chi connectivity index (χ3n) is 4.76. The molecule has 1 aliphatic rings. The number of aliphatic hydroxyl groups excluding tert-OH is 1. The molecule has 0 radical (unpaired) electrons. The summed E-state index contributed by atoms with van der Waals surface area (Å²) in [5.74, 6) is 0. The number of nitrogens with one attached hydrogen (secondary N) is 1. The lowest BCUT2D eigenvalue weighted by molar-refractivity contribution is 0.137. The zero-order valence-electron chi connectivity index (χ0n) is 14.5. The van der Waals surface area contributed by atoms with Crippen LogP contribution in [0.1, 0.15) is 24.5 Å². The van der Waals surface area contributed by atoms with Gasteiger partial charge in [-0.05, 0) is 23.9 Å². The molecule has 2 aromatic rings. The Morgan fingerprint density at radius 3 is 2.83 bits per heavy atom. The summed E-state index contributed by atoms with van der Waals surface area (Å²) in [6.45, 7) is 8.02. The third-order valence-corrected chi connectivity index (χ3v) is 4.76. The fourth-order valence-electron chi connectivity index (χ4n) is 3.50. The fraction of sp³-hybridized carbons (Fsp3) is 0.526. The van der Waals surface area contributed by atoms with Crippen molar-refractivity contribution >= 4 is 0 Å². The van der Waals surface area contributed by atoms with Crippen LogP contribution in [-0.2, 0) is 13.1 Å². The van der Waals surface area contributed by atoms with Crippen LogP contribution in [0.2, 0.25) is 0 Å². The number of benzene rings is 1. The average molecular weight is 328 g/mol. The van der Waals surface area contributed by atoms with E-state index in [1.807, 2.05) is 16.9 Å². The largest absolute Gasteiger partial charge is 0.395 e. The van der Waals surface area contributed by atoms with Crippen molar-refractivity contribution in [3.63, 3.8) is 0 Å². The van der Waals surface area contributed by atoms with Crippen LogP contribution >= 0.6 is 0 Å². The molecule has 1 atom stereocenters. The second-order valence-corrected chi connectivity index (χ2v) is 7.20. The van der Waals surface area contributed by atoms with E-state index in [2.05, 4.69) is 52.7 Å². The van der Waals surface area contributed by atoms with E-state index in [9.17, 15) is 5.11 Å². The van der Waals surface area contributed by atoms with Gasteiger partial charge in [0.1, 0.15) is 0 Å². The minimum atomic E-state index is 0.196. The molecule has 2 heterocycles. The SMILES string of the molecule is CC1(CN(CCO)Cc2cnn(Cc3ccccc3)c2)CCNC1. The van der Waals surface area contributed by atoms with Crippen LogP contribution in [0.25, 0.3) is 0 Å². The van der Waals surface area contributed by atoms with Crippen LogP contribution in [0.15, 0.2) is 42.7 Å². The van der Waals surface area contributed by atoms with E-state index in [0.29, 0.717) is 12.0 Å². The van der Waals surface area contributed by atoms with Gasteiger partial charge in [0.15, 0.2) is 0 Å². The zero-order chi connectivity index (χ0) is 16.8. The summed E-state index contributed by atoms with van der Waals surface area (Å²) in [5.41, 5.74) is 2.76. The Hall–Kier alpha value is -1.69. The molecule has 1 aromatic carbocycles. The molecule has 3 rings (SSSR count). The highest BCUT2D eigenvalue weighted by atomic mass is 16.3. The lowest BCUT2D eigenvalue weighted by Crippen LogP contribution is -2.38. The molecule has 0 aliphatic carbocycles. The smallest absolute Gasteiger partial charge is 0.0659 e. The van der Waals surface area contributed by atoms with E-state index >= 15 is 0 Å². The molecule has 0 saturated carbocycles. The molecule has 24 heavy (non-hydrogen) atoms. The van der Waals surface area contributed by atoms with Gasteiger partial charge < -0.3 is 10.4 Å². The maximum Gasteiger partial charge on any atom is 0.0659 e. The van der Waals surface area contributed by atoms with Crippen LogP contribution in [0, 0.1) is 5.41 Å². The summed E-state index contributed by atoms with van der Waals surface area (Å²) in [4.78, 5) is 2.34. The van der Waals surface area contributed by atoms with Gasteiger partial charge in [-0.2, -0.15) is 5.10 Å². The van der Waals surface area contributed by atoms with Gasteiger partial charge in [-0.3, -0.25) is 9.58 Å². The van der Waals surface area contributed by atoms with Crippen molar-refractivity contribution in [1.82, 2.24) is 20.0 Å². The van der Waals surface area contributed by atoms with Gasteiger partial charge in [0.05, 0.1) is 19.3 Å². The highest BCUT2D eigenvalue weighted by molar-refractivity contribution is 5.15. The Kier molecular flexibility index (Phi) is 5.66. The predicted molar refractivity (Wildman–Crippen MR) is 95.7 cm³/mol. The normalized spacial score (nSPS) is 20.8. The second kappa shape index (κ2) is 7.92. The zero-order valence-corrected chi connectivity index (χ0v) is 14.5. The van der Waals surface area contributed by atoms with Crippen LogP contribution in [-0.4, -0.2) is 52.6 Å². The van der Waals surface area contributed by atoms with Crippen LogP contribution in [0.3, 0.4) is 0 Å². The molecule has 5 nitrogen and oxygen atoms in total. The highest BCUT2D eigenvalue weighted by Crippen LogP contribution is 2.26. The molecule has 1 aliphatic heterocycles. The topological polar surface area (TPSA) is 53.3 Å². The molecule has 1 saturated heterocycles. The van der Waals surface area contributed by atoms with E-state index in [0.717, 1.165) is 32.7 Å². The molecular weight excluding hydrogens is 300 g/mol. The summed E-state index contributed by atoms with van der Waals surface area (Å²) in [7, 11) is 0. The summed E-state index contributed by atoms with van der Waals surface area (Å²) in [6.07, 6.45) is 5.26. The van der Waals surface area contributed by atoms with Crippen LogP contribution < -0.4 is 5.32 Å². The van der Waals surface area contributed by atoms with E-state index in [-0.39, 0.29) is 6.61 Å². The van der Waals surface area contributed by atoms with Gasteiger partial charge >= 0.3 is 0 Å². The molecule has 0 spiro atoms. The maximum absolute atomic E-state index is 9.39. The second-order valence-electron chi connectivity index (χ2n) is 7.20. The van der Waals surface area contributed by atoms with Crippen molar-refractivity contribution in [2.24, 2.45) is 5.41 Å². The van der Waals surface area contributed by atoms with Crippen molar-refractivity contribution in [3.05, 3.63) is 53.9 Å². The minimum absolute atomic E-state index is 0.196. The number of aromatic nitrogens is 2. The molecule has 0 bridgehead atoms. The van der Waals surface area contributed by atoms with Crippen molar-refractivity contribution in [3.8, 4) is 0 Å².